The van der Waals surface area contributed by atoms with Crippen molar-refractivity contribution in [3.05, 3.63) is 0 Å². The van der Waals surface area contributed by atoms with Gasteiger partial charge in [0, 0.05) is 0 Å². The van der Waals surface area contributed by atoms with E-state index in [1.165, 1.54) is 0 Å². The van der Waals surface area contributed by atoms with Crippen LogP contribution in [0, 0.1) is 0 Å². The summed E-state index contributed by atoms with van der Waals surface area (Å²) in [6, 6.07) is -6.29. The average Bonchev–Trinajstić information content (AvgIpc) is 2.18. The summed E-state index contributed by atoms with van der Waals surface area (Å²) < 4.78 is 164. The molecular weight excluding hydrogens is 361 g/mol. The second-order valence-electron chi connectivity index (χ2n) is 3.79. The number of halogens is 13. The summed E-state index contributed by atoms with van der Waals surface area (Å²) in [5, 5.41) is 0. The Bertz CT molecular complexity index is 472. The molecule has 1 rings (SSSR count). The molecule has 0 aromatic carbocycles. The van der Waals surface area contributed by atoms with Gasteiger partial charge in [0.15, 0.2) is 5.71 Å². The van der Waals surface area contributed by atoms with Gasteiger partial charge >= 0.3 is 36.3 Å². The van der Waals surface area contributed by atoms with Crippen molar-refractivity contribution in [3.63, 3.8) is 0 Å². The van der Waals surface area contributed by atoms with Crippen LogP contribution >= 0.6 is 0 Å². The quantitative estimate of drug-likeness (QED) is 0.510. The first-order chi connectivity index (χ1) is 9.30. The molecule has 0 saturated carbocycles. The van der Waals surface area contributed by atoms with Crippen molar-refractivity contribution in [1.82, 2.24) is 0 Å². The van der Waals surface area contributed by atoms with E-state index in [0.29, 0.717) is 4.99 Å². The molecule has 0 spiro atoms. The second-order valence-corrected chi connectivity index (χ2v) is 3.79. The van der Waals surface area contributed by atoms with Crippen LogP contribution in [0.2, 0.25) is 0 Å². The fourth-order valence-electron chi connectivity index (χ4n) is 1.25. The van der Waals surface area contributed by atoms with E-state index in [-0.39, 0.29) is 0 Å². The predicted molar refractivity (Wildman–Crippen MR) is 39.3 cm³/mol. The zero-order valence-corrected chi connectivity index (χ0v) is 9.27. The number of alkyl halides is 13. The molecule has 0 aromatic heterocycles. The van der Waals surface area contributed by atoms with Gasteiger partial charge in [0.25, 0.3) is 0 Å². The SMILES string of the molecule is FC1(F)OC(F)(F)C(F)(F)N=C1C(F)(C(F)(F)F)C(F)(F)F. The molecule has 0 aliphatic carbocycles. The molecule has 130 valence electrons. The smallest absolute Gasteiger partial charge is 0.243 e. The lowest BCUT2D eigenvalue weighted by atomic mass is 9.96. The van der Waals surface area contributed by atoms with E-state index in [0.717, 1.165) is 0 Å². The first-order valence-electron chi connectivity index (χ1n) is 4.56. The van der Waals surface area contributed by atoms with Crippen molar-refractivity contribution in [2.24, 2.45) is 4.99 Å². The Kier molecular flexibility index (Phi) is 3.74. The molecule has 1 aliphatic heterocycles. The van der Waals surface area contributed by atoms with Crippen LogP contribution in [0.5, 0.6) is 0 Å². The lowest BCUT2D eigenvalue weighted by Gasteiger charge is -2.39. The van der Waals surface area contributed by atoms with E-state index in [2.05, 4.69) is 0 Å². The summed E-state index contributed by atoms with van der Waals surface area (Å²) in [6.45, 7) is 0. The average molecular weight is 361 g/mol. The summed E-state index contributed by atoms with van der Waals surface area (Å²) in [6.07, 6.45) is -27.2. The Hall–Kier alpha value is -1.28. The first kappa shape index (κ1) is 18.8. The Morgan fingerprint density at radius 2 is 1.09 bits per heavy atom. The molecule has 1 heterocycles. The minimum absolute atomic E-state index is 0.668. The number of ether oxygens (including phenoxy) is 1. The number of nitrogens with zero attached hydrogens (tertiary/aromatic N) is 1. The Morgan fingerprint density at radius 3 is 1.41 bits per heavy atom. The maximum absolute atomic E-state index is 13.3. The monoisotopic (exact) mass is 361 g/mol. The topological polar surface area (TPSA) is 21.6 Å². The van der Waals surface area contributed by atoms with E-state index >= 15 is 0 Å². The second kappa shape index (κ2) is 4.38. The van der Waals surface area contributed by atoms with Gasteiger partial charge in [-0.05, 0) is 0 Å². The number of hydrogen-bond donors (Lipinski definition) is 0. The summed E-state index contributed by atoms with van der Waals surface area (Å²) in [5.74, 6) is 0. The molecule has 15 heteroatoms. The van der Waals surface area contributed by atoms with Gasteiger partial charge < -0.3 is 0 Å². The van der Waals surface area contributed by atoms with Crippen molar-refractivity contribution in [3.8, 4) is 0 Å². The summed E-state index contributed by atoms with van der Waals surface area (Å²) in [5.41, 5.74) is -11.4. The van der Waals surface area contributed by atoms with E-state index in [1.54, 1.807) is 0 Å². The minimum Gasteiger partial charge on any atom is -0.243 e. The Balaban J connectivity index is 3.72. The van der Waals surface area contributed by atoms with Crippen LogP contribution in [0.25, 0.3) is 0 Å². The van der Waals surface area contributed by atoms with Gasteiger partial charge in [-0.2, -0.15) is 52.7 Å². The molecule has 0 unspecified atom stereocenters. The number of aliphatic imine (C=N–C) groups is 1. The fourth-order valence-corrected chi connectivity index (χ4v) is 1.25. The van der Waals surface area contributed by atoms with Crippen molar-refractivity contribution >= 4 is 5.71 Å². The fraction of sp³-hybridized carbons (Fsp3) is 0.857. The molecule has 0 amide bonds. The molecule has 0 aromatic rings. The van der Waals surface area contributed by atoms with Gasteiger partial charge in [0.1, 0.15) is 0 Å². The lowest BCUT2D eigenvalue weighted by Crippen LogP contribution is -2.68. The minimum atomic E-state index is -7.26. The van der Waals surface area contributed by atoms with Crippen molar-refractivity contribution in [2.45, 2.75) is 36.3 Å². The third-order valence-corrected chi connectivity index (χ3v) is 2.24. The zero-order valence-electron chi connectivity index (χ0n) is 9.27. The summed E-state index contributed by atoms with van der Waals surface area (Å²) in [4.78, 5) is 0.668. The highest BCUT2D eigenvalue weighted by atomic mass is 19.4. The molecule has 1 aliphatic rings. The van der Waals surface area contributed by atoms with E-state index in [4.69, 9.17) is 0 Å². The van der Waals surface area contributed by atoms with Crippen LogP contribution in [0.1, 0.15) is 0 Å². The highest BCUT2D eigenvalue weighted by Crippen LogP contribution is 2.54. The maximum Gasteiger partial charge on any atom is 0.447 e. The highest BCUT2D eigenvalue weighted by molar-refractivity contribution is 5.99. The summed E-state index contributed by atoms with van der Waals surface area (Å²) >= 11 is 0. The van der Waals surface area contributed by atoms with Gasteiger partial charge in [-0.25, -0.2) is 14.1 Å². The molecule has 0 N–H and O–H groups in total. The van der Waals surface area contributed by atoms with Gasteiger partial charge in [0.05, 0.1) is 0 Å². The van der Waals surface area contributed by atoms with Crippen LogP contribution < -0.4 is 0 Å². The normalized spacial score (nSPS) is 24.9. The molecule has 2 nitrogen and oxygen atoms in total. The van der Waals surface area contributed by atoms with Crippen molar-refractivity contribution in [1.29, 1.82) is 0 Å². The molecule has 0 fully saturated rings. The molecule has 0 saturated heterocycles. The van der Waals surface area contributed by atoms with E-state index in [1.807, 2.05) is 4.74 Å². The molecule has 0 atom stereocenters. The predicted octanol–water partition coefficient (Wildman–Crippen LogP) is 4.07. The van der Waals surface area contributed by atoms with Crippen LogP contribution in [-0.4, -0.2) is 42.0 Å². The Morgan fingerprint density at radius 1 is 0.727 bits per heavy atom. The first-order valence-corrected chi connectivity index (χ1v) is 4.56. The maximum atomic E-state index is 13.3. The standard InChI is InChI=1S/C7F13NO/c8-2(4(11,12)13,5(14,15)16)1-3(9,10)22-7(19,20)6(17,18)21-1. The van der Waals surface area contributed by atoms with Crippen molar-refractivity contribution in [2.75, 3.05) is 0 Å². The Labute approximate surface area is 110 Å². The van der Waals surface area contributed by atoms with Crippen LogP contribution in [0.15, 0.2) is 4.99 Å². The summed E-state index contributed by atoms with van der Waals surface area (Å²) in [7, 11) is 0. The van der Waals surface area contributed by atoms with E-state index in [9.17, 15) is 57.1 Å². The van der Waals surface area contributed by atoms with Gasteiger partial charge in [-0.15, -0.1) is 0 Å². The third-order valence-electron chi connectivity index (χ3n) is 2.24. The van der Waals surface area contributed by atoms with Gasteiger partial charge in [0.2, 0.25) is 0 Å². The van der Waals surface area contributed by atoms with Gasteiger partial charge in [-0.1, -0.05) is 0 Å². The number of hydrogen-bond acceptors (Lipinski definition) is 2. The van der Waals surface area contributed by atoms with Crippen LogP contribution in [0.4, 0.5) is 57.1 Å². The highest BCUT2D eigenvalue weighted by Gasteiger charge is 2.83. The largest absolute Gasteiger partial charge is 0.447 e. The third kappa shape index (κ3) is 2.48. The van der Waals surface area contributed by atoms with E-state index < -0.39 is 42.0 Å². The molecule has 0 radical (unpaired) electrons. The zero-order chi connectivity index (χ0) is 18.0. The van der Waals surface area contributed by atoms with Gasteiger partial charge in [-0.3, -0.25) is 0 Å². The van der Waals surface area contributed by atoms with Crippen molar-refractivity contribution < 1.29 is 61.8 Å². The molecular formula is C7F13NO. The van der Waals surface area contributed by atoms with Crippen LogP contribution in [-0.2, 0) is 4.74 Å². The lowest BCUT2D eigenvalue weighted by molar-refractivity contribution is -0.425. The molecule has 22 heavy (non-hydrogen) atoms. The number of rotatable bonds is 1. The molecule has 0 bridgehead atoms. The van der Waals surface area contributed by atoms with Crippen LogP contribution in [0.3, 0.4) is 0 Å².